The number of para-hydroxylation sites is 1. The number of benzene rings is 1. The number of aromatic amines is 1. The Hall–Kier alpha value is -2.34. The normalized spacial score (nSPS) is 13.9. The van der Waals surface area contributed by atoms with E-state index < -0.39 is 24.0 Å². The highest BCUT2D eigenvalue weighted by molar-refractivity contribution is 5.87. The van der Waals surface area contributed by atoms with E-state index in [0.717, 1.165) is 16.5 Å². The number of aliphatic hydroxyl groups is 1. The Morgan fingerprint density at radius 3 is 2.70 bits per heavy atom. The van der Waals surface area contributed by atoms with E-state index in [0.29, 0.717) is 0 Å². The molecular weight excluding hydrogens is 260 g/mol. The van der Waals surface area contributed by atoms with Crippen molar-refractivity contribution in [2.24, 2.45) is 0 Å². The Morgan fingerprint density at radius 2 is 2.05 bits per heavy atom. The number of fused-ring (bicyclic) bond motifs is 1. The number of aliphatic hydroxyl groups excluding tert-OH is 1. The first-order valence-electron chi connectivity index (χ1n) is 6.25. The molecule has 1 aromatic heterocycles. The highest BCUT2D eigenvalue weighted by Crippen LogP contribution is 2.19. The van der Waals surface area contributed by atoms with Crippen LogP contribution in [0.15, 0.2) is 30.5 Å². The molecular formula is C14H16N2O4. The van der Waals surface area contributed by atoms with E-state index in [1.165, 1.54) is 6.92 Å². The summed E-state index contributed by atoms with van der Waals surface area (Å²) < 4.78 is 0. The number of hydrogen-bond acceptors (Lipinski definition) is 3. The summed E-state index contributed by atoms with van der Waals surface area (Å²) in [7, 11) is 0. The molecule has 0 aliphatic carbocycles. The van der Waals surface area contributed by atoms with E-state index in [4.69, 9.17) is 10.2 Å². The van der Waals surface area contributed by atoms with Gasteiger partial charge in [-0.1, -0.05) is 18.2 Å². The molecule has 4 N–H and O–H groups in total. The van der Waals surface area contributed by atoms with Crippen LogP contribution in [0.3, 0.4) is 0 Å². The smallest absolute Gasteiger partial charge is 0.326 e. The molecule has 106 valence electrons. The molecule has 0 saturated heterocycles. The van der Waals surface area contributed by atoms with Gasteiger partial charge in [-0.15, -0.1) is 0 Å². The van der Waals surface area contributed by atoms with Crippen LogP contribution in [0, 0.1) is 0 Å². The average molecular weight is 276 g/mol. The molecule has 0 fully saturated rings. The predicted molar refractivity (Wildman–Crippen MR) is 73.3 cm³/mol. The standard InChI is InChI=1S/C14H16N2O4/c1-8(17)13(18)16-12(14(19)20)6-9-7-15-11-5-3-2-4-10(9)11/h2-5,7-8,12,15,17H,6H2,1H3,(H,16,18)(H,19,20). The Labute approximate surface area is 115 Å². The lowest BCUT2D eigenvalue weighted by atomic mass is 10.0. The van der Waals surface area contributed by atoms with Crippen LogP contribution in [0.25, 0.3) is 10.9 Å². The molecule has 2 unspecified atom stereocenters. The number of carboxylic acid groups (broad SMARTS) is 1. The van der Waals surface area contributed by atoms with Crippen molar-refractivity contribution in [3.63, 3.8) is 0 Å². The fourth-order valence-electron chi connectivity index (χ4n) is 2.01. The average Bonchev–Trinajstić information content (AvgIpc) is 2.81. The molecule has 0 bridgehead atoms. The molecule has 2 rings (SSSR count). The van der Waals surface area contributed by atoms with Gasteiger partial charge in [-0.2, -0.15) is 0 Å². The first kappa shape index (κ1) is 14.1. The van der Waals surface area contributed by atoms with Crippen molar-refractivity contribution in [1.29, 1.82) is 0 Å². The zero-order valence-electron chi connectivity index (χ0n) is 11.0. The van der Waals surface area contributed by atoms with Crippen molar-refractivity contribution in [1.82, 2.24) is 10.3 Å². The first-order chi connectivity index (χ1) is 9.49. The Morgan fingerprint density at radius 1 is 1.35 bits per heavy atom. The van der Waals surface area contributed by atoms with Crippen molar-refractivity contribution in [2.45, 2.75) is 25.5 Å². The van der Waals surface area contributed by atoms with Crippen LogP contribution in [-0.4, -0.2) is 39.2 Å². The third-order valence-corrected chi connectivity index (χ3v) is 3.09. The second-order valence-electron chi connectivity index (χ2n) is 4.64. The van der Waals surface area contributed by atoms with Gasteiger partial charge in [0.05, 0.1) is 0 Å². The van der Waals surface area contributed by atoms with Crippen molar-refractivity contribution in [3.05, 3.63) is 36.0 Å². The van der Waals surface area contributed by atoms with E-state index in [1.54, 1.807) is 6.20 Å². The van der Waals surface area contributed by atoms with Crippen LogP contribution >= 0.6 is 0 Å². The summed E-state index contributed by atoms with van der Waals surface area (Å²) in [4.78, 5) is 25.7. The molecule has 1 amide bonds. The zero-order valence-corrected chi connectivity index (χ0v) is 11.0. The van der Waals surface area contributed by atoms with E-state index >= 15 is 0 Å². The molecule has 0 aliphatic heterocycles. The fraction of sp³-hybridized carbons (Fsp3) is 0.286. The highest BCUT2D eigenvalue weighted by Gasteiger charge is 2.23. The molecule has 1 heterocycles. The van der Waals surface area contributed by atoms with Gasteiger partial charge in [-0.25, -0.2) is 4.79 Å². The SMILES string of the molecule is CC(O)C(=O)NC(Cc1c[nH]c2ccccc12)C(=O)O. The van der Waals surface area contributed by atoms with Gasteiger partial charge in [0.15, 0.2) is 0 Å². The van der Waals surface area contributed by atoms with Gasteiger partial charge in [0.1, 0.15) is 12.1 Å². The largest absolute Gasteiger partial charge is 0.480 e. The highest BCUT2D eigenvalue weighted by atomic mass is 16.4. The number of carboxylic acids is 1. The molecule has 0 spiro atoms. The molecule has 6 heteroatoms. The van der Waals surface area contributed by atoms with E-state index in [1.807, 2.05) is 24.3 Å². The lowest BCUT2D eigenvalue weighted by Crippen LogP contribution is -2.45. The third-order valence-electron chi connectivity index (χ3n) is 3.09. The van der Waals surface area contributed by atoms with Crippen LogP contribution in [0.4, 0.5) is 0 Å². The van der Waals surface area contributed by atoms with Gasteiger partial charge in [0.2, 0.25) is 5.91 Å². The summed E-state index contributed by atoms with van der Waals surface area (Å²) in [6, 6.07) is 6.45. The number of aromatic nitrogens is 1. The summed E-state index contributed by atoms with van der Waals surface area (Å²) in [5, 5.41) is 21.5. The first-order valence-corrected chi connectivity index (χ1v) is 6.25. The minimum absolute atomic E-state index is 0.151. The van der Waals surface area contributed by atoms with Crippen molar-refractivity contribution in [2.75, 3.05) is 0 Å². The number of carbonyl (C=O) groups excluding carboxylic acids is 1. The van der Waals surface area contributed by atoms with Gasteiger partial charge < -0.3 is 20.5 Å². The van der Waals surface area contributed by atoms with Crippen LogP contribution in [0.1, 0.15) is 12.5 Å². The molecule has 20 heavy (non-hydrogen) atoms. The second kappa shape index (κ2) is 5.75. The lowest BCUT2D eigenvalue weighted by molar-refractivity contribution is -0.143. The Kier molecular flexibility index (Phi) is 4.05. The lowest BCUT2D eigenvalue weighted by Gasteiger charge is -2.15. The van der Waals surface area contributed by atoms with Crippen LogP contribution in [0.2, 0.25) is 0 Å². The van der Waals surface area contributed by atoms with Crippen molar-refractivity contribution in [3.8, 4) is 0 Å². The van der Waals surface area contributed by atoms with Gasteiger partial charge in [0.25, 0.3) is 0 Å². The third kappa shape index (κ3) is 2.97. The second-order valence-corrected chi connectivity index (χ2v) is 4.64. The van der Waals surface area contributed by atoms with E-state index in [2.05, 4.69) is 10.3 Å². The number of carbonyl (C=O) groups is 2. The van der Waals surface area contributed by atoms with E-state index in [9.17, 15) is 9.59 Å². The minimum Gasteiger partial charge on any atom is -0.480 e. The maximum atomic E-state index is 11.4. The summed E-state index contributed by atoms with van der Waals surface area (Å²) in [5.74, 6) is -1.83. The molecule has 0 saturated carbocycles. The van der Waals surface area contributed by atoms with E-state index in [-0.39, 0.29) is 6.42 Å². The quantitative estimate of drug-likeness (QED) is 0.644. The minimum atomic E-state index is -1.24. The van der Waals surface area contributed by atoms with Crippen LogP contribution in [0.5, 0.6) is 0 Å². The van der Waals surface area contributed by atoms with Gasteiger partial charge in [-0.3, -0.25) is 4.79 Å². The fourth-order valence-corrected chi connectivity index (χ4v) is 2.01. The molecule has 1 aromatic carbocycles. The topological polar surface area (TPSA) is 102 Å². The summed E-state index contributed by atoms with van der Waals surface area (Å²) in [6.07, 6.45) is 0.646. The zero-order chi connectivity index (χ0) is 14.7. The van der Waals surface area contributed by atoms with Crippen molar-refractivity contribution >= 4 is 22.8 Å². The summed E-state index contributed by atoms with van der Waals surface area (Å²) >= 11 is 0. The molecule has 0 radical (unpaired) electrons. The number of aliphatic carboxylic acids is 1. The number of nitrogens with one attached hydrogen (secondary N) is 2. The summed E-state index contributed by atoms with van der Waals surface area (Å²) in [5.41, 5.74) is 1.72. The molecule has 2 aromatic rings. The molecule has 0 aliphatic rings. The number of hydrogen-bond donors (Lipinski definition) is 4. The van der Waals surface area contributed by atoms with Crippen LogP contribution < -0.4 is 5.32 Å². The molecule has 6 nitrogen and oxygen atoms in total. The number of amides is 1. The van der Waals surface area contributed by atoms with Crippen molar-refractivity contribution < 1.29 is 19.8 Å². The Bertz CT molecular complexity index is 633. The Balaban J connectivity index is 2.20. The van der Waals surface area contributed by atoms with Crippen LogP contribution in [-0.2, 0) is 16.0 Å². The maximum absolute atomic E-state index is 11.4. The number of rotatable bonds is 5. The monoisotopic (exact) mass is 276 g/mol. The maximum Gasteiger partial charge on any atom is 0.326 e. The number of H-pyrrole nitrogens is 1. The van der Waals surface area contributed by atoms with Gasteiger partial charge >= 0.3 is 5.97 Å². The molecule has 2 atom stereocenters. The summed E-state index contributed by atoms with van der Waals surface area (Å²) in [6.45, 7) is 1.29. The predicted octanol–water partition coefficient (Wildman–Crippen LogP) is 0.661. The van der Waals surface area contributed by atoms with Gasteiger partial charge in [-0.05, 0) is 18.6 Å². The van der Waals surface area contributed by atoms with Gasteiger partial charge in [0, 0.05) is 23.5 Å².